The third-order valence-electron chi connectivity index (χ3n) is 4.50. The molecule has 3 heterocycles. The molecule has 0 fully saturated rings. The van der Waals surface area contributed by atoms with Crippen LogP contribution in [0, 0.1) is 0 Å². The molecule has 7 heteroatoms. The van der Waals surface area contributed by atoms with Gasteiger partial charge in [0.25, 0.3) is 0 Å². The van der Waals surface area contributed by atoms with Gasteiger partial charge in [-0.2, -0.15) is 5.10 Å². The number of nitrogens with zero attached hydrogens (tertiary/aromatic N) is 6. The normalized spacial score (nSPS) is 14.8. The smallest absolute Gasteiger partial charge is 0.0971 e. The molecule has 0 aliphatic carbocycles. The first-order valence-corrected chi connectivity index (χ1v) is 8.08. The maximum absolute atomic E-state index is 9.49. The number of benzene rings is 1. The van der Waals surface area contributed by atoms with Crippen LogP contribution in [-0.2, 0) is 33.2 Å². The Labute approximate surface area is 140 Å². The molecule has 2 aromatic heterocycles. The van der Waals surface area contributed by atoms with Gasteiger partial charge in [0.05, 0.1) is 29.9 Å². The zero-order valence-electron chi connectivity index (χ0n) is 13.6. The Morgan fingerprint density at radius 3 is 2.83 bits per heavy atom. The average Bonchev–Trinajstić information content (AvgIpc) is 3.20. The van der Waals surface area contributed by atoms with Gasteiger partial charge in [-0.05, 0) is 12.1 Å². The summed E-state index contributed by atoms with van der Waals surface area (Å²) < 4.78 is 3.69. The fourth-order valence-electron chi connectivity index (χ4n) is 3.29. The number of aromatic nitrogens is 5. The van der Waals surface area contributed by atoms with E-state index in [9.17, 15) is 5.11 Å². The van der Waals surface area contributed by atoms with Gasteiger partial charge in [0.2, 0.25) is 0 Å². The van der Waals surface area contributed by atoms with E-state index in [1.807, 2.05) is 48.3 Å². The lowest BCUT2D eigenvalue weighted by molar-refractivity contribution is 0.234. The Morgan fingerprint density at radius 2 is 2.04 bits per heavy atom. The van der Waals surface area contributed by atoms with Crippen LogP contribution < -0.4 is 0 Å². The molecule has 1 aliphatic rings. The first kappa shape index (κ1) is 15.0. The van der Waals surface area contributed by atoms with E-state index in [2.05, 4.69) is 20.3 Å². The largest absolute Gasteiger partial charge is 0.390 e. The average molecular weight is 324 g/mol. The van der Waals surface area contributed by atoms with Crippen molar-refractivity contribution < 1.29 is 5.11 Å². The van der Waals surface area contributed by atoms with Gasteiger partial charge in [0, 0.05) is 44.4 Å². The molecule has 0 atom stereocenters. The highest BCUT2D eigenvalue weighted by atomic mass is 16.3. The second-order valence-electron chi connectivity index (χ2n) is 6.10. The van der Waals surface area contributed by atoms with E-state index < -0.39 is 0 Å². The molecular formula is C17H20N6O. The number of aliphatic hydroxyl groups excluding tert-OH is 1. The minimum Gasteiger partial charge on any atom is -0.390 e. The third kappa shape index (κ3) is 2.72. The van der Waals surface area contributed by atoms with Gasteiger partial charge in [-0.3, -0.25) is 9.58 Å². The molecule has 7 nitrogen and oxygen atoms in total. The number of aryl methyl sites for hydroxylation is 1. The lowest BCUT2D eigenvalue weighted by Crippen LogP contribution is -2.31. The molecule has 4 rings (SSSR count). The number of aliphatic hydroxyl groups is 1. The topological polar surface area (TPSA) is 72.0 Å². The van der Waals surface area contributed by atoms with Crippen molar-refractivity contribution in [1.29, 1.82) is 0 Å². The predicted molar refractivity (Wildman–Crippen MR) is 88.3 cm³/mol. The molecule has 1 aromatic carbocycles. The summed E-state index contributed by atoms with van der Waals surface area (Å²) in [5, 5.41) is 22.4. The van der Waals surface area contributed by atoms with Gasteiger partial charge in [-0.25, -0.2) is 4.68 Å². The highest BCUT2D eigenvalue weighted by Crippen LogP contribution is 2.23. The molecule has 24 heavy (non-hydrogen) atoms. The molecular weight excluding hydrogens is 304 g/mol. The molecule has 0 bridgehead atoms. The Balaban J connectivity index is 1.50. The molecule has 124 valence electrons. The van der Waals surface area contributed by atoms with Crippen LogP contribution in [0.15, 0.2) is 36.5 Å². The molecule has 0 saturated heterocycles. The second kappa shape index (κ2) is 6.18. The minimum absolute atomic E-state index is 0.0127. The van der Waals surface area contributed by atoms with Crippen LogP contribution in [0.2, 0.25) is 0 Å². The number of hydrogen-bond donors (Lipinski definition) is 1. The van der Waals surface area contributed by atoms with Gasteiger partial charge in [0.1, 0.15) is 0 Å². The quantitative estimate of drug-likeness (QED) is 0.777. The van der Waals surface area contributed by atoms with E-state index in [1.54, 1.807) is 4.68 Å². The van der Waals surface area contributed by atoms with Gasteiger partial charge in [-0.1, -0.05) is 23.4 Å². The van der Waals surface area contributed by atoms with Crippen LogP contribution >= 0.6 is 0 Å². The minimum atomic E-state index is -0.0127. The molecule has 0 saturated carbocycles. The predicted octanol–water partition coefficient (Wildman–Crippen LogP) is 1.05. The van der Waals surface area contributed by atoms with Crippen LogP contribution in [0.1, 0.15) is 22.6 Å². The molecule has 1 aliphatic heterocycles. The van der Waals surface area contributed by atoms with Crippen LogP contribution in [0.25, 0.3) is 5.69 Å². The van der Waals surface area contributed by atoms with E-state index in [0.29, 0.717) is 0 Å². The Kier molecular flexibility index (Phi) is 3.87. The van der Waals surface area contributed by atoms with E-state index in [0.717, 1.165) is 48.7 Å². The molecule has 0 amide bonds. The molecule has 0 radical (unpaired) electrons. The summed E-state index contributed by atoms with van der Waals surface area (Å²) in [5.41, 5.74) is 5.11. The van der Waals surface area contributed by atoms with Crippen molar-refractivity contribution in [2.45, 2.75) is 26.1 Å². The monoisotopic (exact) mass is 324 g/mol. The molecule has 0 spiro atoms. The summed E-state index contributed by atoms with van der Waals surface area (Å²) >= 11 is 0. The molecule has 0 unspecified atom stereocenters. The maximum atomic E-state index is 9.49. The van der Waals surface area contributed by atoms with E-state index >= 15 is 0 Å². The summed E-state index contributed by atoms with van der Waals surface area (Å²) in [5.74, 6) is 0. The zero-order valence-corrected chi connectivity index (χ0v) is 13.6. The molecule has 1 N–H and O–H groups in total. The van der Waals surface area contributed by atoms with Gasteiger partial charge in [0.15, 0.2) is 0 Å². The Morgan fingerprint density at radius 1 is 1.21 bits per heavy atom. The number of rotatable bonds is 4. The van der Waals surface area contributed by atoms with Crippen molar-refractivity contribution in [3.63, 3.8) is 0 Å². The zero-order chi connectivity index (χ0) is 16.5. The number of hydrogen-bond acceptors (Lipinski definition) is 5. The fraction of sp³-hybridized carbons (Fsp3) is 0.353. The lowest BCUT2D eigenvalue weighted by Gasteiger charge is -2.26. The second-order valence-corrected chi connectivity index (χ2v) is 6.10. The van der Waals surface area contributed by atoms with E-state index in [-0.39, 0.29) is 6.61 Å². The van der Waals surface area contributed by atoms with Crippen LogP contribution in [0.4, 0.5) is 0 Å². The van der Waals surface area contributed by atoms with Crippen LogP contribution in [0.3, 0.4) is 0 Å². The number of fused-ring (bicyclic) bond motifs is 1. The van der Waals surface area contributed by atoms with Gasteiger partial charge < -0.3 is 5.11 Å². The number of para-hydroxylation sites is 1. The maximum Gasteiger partial charge on any atom is 0.0971 e. The fourth-order valence-corrected chi connectivity index (χ4v) is 3.29. The lowest BCUT2D eigenvalue weighted by atomic mass is 10.1. The third-order valence-corrected chi connectivity index (χ3v) is 4.50. The summed E-state index contributed by atoms with van der Waals surface area (Å²) in [6, 6.07) is 9.98. The summed E-state index contributed by atoms with van der Waals surface area (Å²) in [6.45, 7) is 2.47. The Hall–Kier alpha value is -2.51. The Bertz CT molecular complexity index is 838. The van der Waals surface area contributed by atoms with Crippen molar-refractivity contribution in [3.05, 3.63) is 59.2 Å². The summed E-state index contributed by atoms with van der Waals surface area (Å²) in [4.78, 5) is 2.32. The first-order chi connectivity index (χ1) is 11.7. The highest BCUT2D eigenvalue weighted by molar-refractivity contribution is 5.30. The van der Waals surface area contributed by atoms with Crippen LogP contribution in [0.5, 0.6) is 0 Å². The summed E-state index contributed by atoms with van der Waals surface area (Å²) in [7, 11) is 1.94. The van der Waals surface area contributed by atoms with E-state index in [4.69, 9.17) is 0 Å². The van der Waals surface area contributed by atoms with Crippen molar-refractivity contribution in [2.75, 3.05) is 6.54 Å². The van der Waals surface area contributed by atoms with Crippen molar-refractivity contribution in [1.82, 2.24) is 29.7 Å². The van der Waals surface area contributed by atoms with Crippen molar-refractivity contribution >= 4 is 0 Å². The van der Waals surface area contributed by atoms with Crippen LogP contribution in [-0.4, -0.2) is 41.3 Å². The summed E-state index contributed by atoms with van der Waals surface area (Å²) in [6.07, 6.45) is 2.91. The standard InChI is InChI=1S/C17H20N6O/c1-21-17-7-8-22(11-15(17)16(12-24)19-21)9-13-10-23(20-18-13)14-5-3-2-4-6-14/h2-6,10,24H,7-9,11-12H2,1H3. The van der Waals surface area contributed by atoms with E-state index in [1.165, 1.54) is 5.69 Å². The van der Waals surface area contributed by atoms with Crippen molar-refractivity contribution in [2.24, 2.45) is 7.05 Å². The van der Waals surface area contributed by atoms with Gasteiger partial charge >= 0.3 is 0 Å². The SMILES string of the molecule is Cn1nc(CO)c2c1CCN(Cc1cn(-c3ccccc3)nn1)C2. The first-order valence-electron chi connectivity index (χ1n) is 8.08. The van der Waals surface area contributed by atoms with Gasteiger partial charge in [-0.15, -0.1) is 5.10 Å². The van der Waals surface area contributed by atoms with Crippen molar-refractivity contribution in [3.8, 4) is 5.69 Å². The molecule has 3 aromatic rings. The highest BCUT2D eigenvalue weighted by Gasteiger charge is 2.24.